The van der Waals surface area contributed by atoms with Crippen LogP contribution in [0.5, 0.6) is 0 Å². The van der Waals surface area contributed by atoms with Gasteiger partial charge in [0.15, 0.2) is 5.96 Å². The third kappa shape index (κ3) is 17.6. The Hall–Kier alpha value is -5.84. The Balaban J connectivity index is 1.87. The smallest absolute Gasteiger partial charge is 0.224 e. The lowest BCUT2D eigenvalue weighted by atomic mass is 9.96. The number of benzene rings is 2. The number of nitrogens with two attached hydrogens (primary N) is 7. The monoisotopic (exact) mass is 748 g/mol. The van der Waals surface area contributed by atoms with Gasteiger partial charge >= 0.3 is 0 Å². The lowest BCUT2D eigenvalue weighted by molar-refractivity contribution is -0.117. The van der Waals surface area contributed by atoms with E-state index in [-0.39, 0.29) is 47.7 Å². The van der Waals surface area contributed by atoms with Crippen molar-refractivity contribution in [2.75, 3.05) is 23.7 Å². The van der Waals surface area contributed by atoms with Crippen LogP contribution in [-0.4, -0.2) is 48.5 Å². The Bertz CT molecular complexity index is 1630. The minimum Gasteiger partial charge on any atom is -0.401 e. The van der Waals surface area contributed by atoms with Crippen LogP contribution < -0.4 is 61.5 Å². The largest absolute Gasteiger partial charge is 0.401 e. The van der Waals surface area contributed by atoms with Gasteiger partial charge in [0.2, 0.25) is 23.7 Å². The molecule has 2 amide bonds. The number of nitrogens with zero attached hydrogens (tertiary/aromatic N) is 4. The predicted molar refractivity (Wildman–Crippen MR) is 221 cm³/mol. The molecule has 0 aliphatic heterocycles. The van der Waals surface area contributed by atoms with Crippen LogP contribution in [0.4, 0.5) is 11.4 Å². The average Bonchev–Trinajstić information content (AvgIpc) is 3.11. The Kier molecular flexibility index (Phi) is 18.8. The van der Waals surface area contributed by atoms with Gasteiger partial charge in [0.25, 0.3) is 0 Å². The van der Waals surface area contributed by atoms with Gasteiger partial charge in [-0.25, -0.2) is 0 Å². The van der Waals surface area contributed by atoms with Crippen LogP contribution in [0.25, 0.3) is 0 Å². The number of guanidine groups is 3. The molecule has 0 fully saturated rings. The van der Waals surface area contributed by atoms with Gasteiger partial charge in [-0.15, -0.1) is 10.2 Å². The van der Waals surface area contributed by atoms with Crippen LogP contribution >= 0.6 is 0 Å². The molecule has 0 aliphatic rings. The standard InChI is InChI=1S/C37H61N15O2/c1-22(20-46-35(39)40)27-14-29(25(4)49-51-36(41)42)18-31(16-27)47-33(53)12-10-8-6-7-9-11-13-34(54)48-32-17-28(24(3)45-21-23(2)38)15-30(19-32)26(5)50-52-37(43)44/h14-19,22,24-25,45,49H,2,6-13,20-21,38H2,1,3-5H3,(H,47,53)(H,48,54)(H4,39,40,46)(H4,41,42,51)(H4,43,44,52)/b50-26+. The molecule has 0 heterocycles. The number of aliphatic imine (C=N–C) groups is 1. The molecule has 0 saturated carbocycles. The summed E-state index contributed by atoms with van der Waals surface area (Å²) in [6, 6.07) is 11.2. The Morgan fingerprint density at radius 3 is 1.74 bits per heavy atom. The van der Waals surface area contributed by atoms with Crippen molar-refractivity contribution in [3.8, 4) is 0 Å². The maximum atomic E-state index is 12.9. The van der Waals surface area contributed by atoms with Crippen molar-refractivity contribution in [2.45, 2.75) is 97.1 Å². The maximum absolute atomic E-state index is 12.9. The highest BCUT2D eigenvalue weighted by Crippen LogP contribution is 2.27. The Morgan fingerprint density at radius 1 is 0.667 bits per heavy atom. The highest BCUT2D eigenvalue weighted by Gasteiger charge is 2.15. The van der Waals surface area contributed by atoms with Crippen LogP contribution in [0.15, 0.2) is 69.0 Å². The predicted octanol–water partition coefficient (Wildman–Crippen LogP) is 2.72. The molecule has 3 unspecified atom stereocenters. The molecular weight excluding hydrogens is 687 g/mol. The number of rotatable bonds is 23. The van der Waals surface area contributed by atoms with Gasteiger partial charge in [-0.2, -0.15) is 5.10 Å². The summed E-state index contributed by atoms with van der Waals surface area (Å²) in [6.07, 6.45) is 6.00. The molecule has 2 aromatic rings. The number of amides is 2. The first kappa shape index (κ1) is 44.3. The zero-order valence-corrected chi connectivity index (χ0v) is 32.1. The number of hydrogen-bond acceptors (Lipinski definition) is 9. The molecule has 3 atom stereocenters. The van der Waals surface area contributed by atoms with E-state index < -0.39 is 0 Å². The van der Waals surface area contributed by atoms with Crippen molar-refractivity contribution < 1.29 is 9.59 Å². The third-order valence-electron chi connectivity index (χ3n) is 8.43. The van der Waals surface area contributed by atoms with Crippen LogP contribution in [0.1, 0.15) is 119 Å². The molecule has 0 bridgehead atoms. The summed E-state index contributed by atoms with van der Waals surface area (Å²) in [6.45, 7) is 12.3. The molecule has 17 nitrogen and oxygen atoms in total. The van der Waals surface area contributed by atoms with E-state index in [1.165, 1.54) is 0 Å². The molecule has 0 aliphatic carbocycles. The normalized spacial score (nSPS) is 12.8. The second-order valence-corrected chi connectivity index (χ2v) is 13.5. The number of unbranched alkanes of at least 4 members (excludes halogenated alkanes) is 5. The molecule has 0 radical (unpaired) electrons. The quantitative estimate of drug-likeness (QED) is 0.0340. The van der Waals surface area contributed by atoms with Crippen LogP contribution in [0.3, 0.4) is 0 Å². The van der Waals surface area contributed by atoms with E-state index >= 15 is 0 Å². The first-order valence-corrected chi connectivity index (χ1v) is 18.1. The number of carbonyl (C=O) groups excluding carboxylic acids is 2. The molecule has 2 aromatic carbocycles. The van der Waals surface area contributed by atoms with Gasteiger partial charge in [-0.1, -0.05) is 45.3 Å². The summed E-state index contributed by atoms with van der Waals surface area (Å²) in [5, 5.41) is 21.1. The fourth-order valence-electron chi connectivity index (χ4n) is 5.38. The van der Waals surface area contributed by atoms with Gasteiger partial charge in [-0.05, 0) is 86.2 Å². The van der Waals surface area contributed by atoms with E-state index in [2.05, 4.69) is 48.3 Å². The van der Waals surface area contributed by atoms with Crippen molar-refractivity contribution in [1.82, 2.24) is 10.7 Å². The second kappa shape index (κ2) is 23.0. The summed E-state index contributed by atoms with van der Waals surface area (Å²) in [7, 11) is 0. The fraction of sp³-hybridized carbons (Fsp3) is 0.459. The van der Waals surface area contributed by atoms with Gasteiger partial charge < -0.3 is 56.1 Å². The van der Waals surface area contributed by atoms with E-state index in [1.54, 1.807) is 6.92 Å². The highest BCUT2D eigenvalue weighted by molar-refractivity contribution is 6.01. The van der Waals surface area contributed by atoms with Crippen molar-refractivity contribution in [3.63, 3.8) is 0 Å². The van der Waals surface area contributed by atoms with Crippen molar-refractivity contribution in [2.24, 2.45) is 60.4 Å². The number of anilines is 2. The number of hydrazone groups is 1. The van der Waals surface area contributed by atoms with Gasteiger partial charge in [0.05, 0.1) is 11.8 Å². The zero-order chi connectivity index (χ0) is 40.2. The molecule has 0 aromatic heterocycles. The zero-order valence-electron chi connectivity index (χ0n) is 32.1. The van der Waals surface area contributed by atoms with Crippen molar-refractivity contribution in [1.29, 1.82) is 0 Å². The van der Waals surface area contributed by atoms with E-state index in [4.69, 9.17) is 40.1 Å². The number of carbonyl (C=O) groups is 2. The third-order valence-corrected chi connectivity index (χ3v) is 8.43. The van der Waals surface area contributed by atoms with Crippen LogP contribution in [0.2, 0.25) is 0 Å². The molecule has 54 heavy (non-hydrogen) atoms. The first-order chi connectivity index (χ1) is 25.5. The number of hydrogen-bond donors (Lipinski definition) is 11. The molecule has 2 rings (SSSR count). The Morgan fingerprint density at radius 2 is 1.20 bits per heavy atom. The lowest BCUT2D eigenvalue weighted by Gasteiger charge is -2.18. The maximum Gasteiger partial charge on any atom is 0.224 e. The minimum atomic E-state index is -0.227. The van der Waals surface area contributed by atoms with Crippen molar-refractivity contribution in [3.05, 3.63) is 70.9 Å². The summed E-state index contributed by atoms with van der Waals surface area (Å²) < 4.78 is 0. The summed E-state index contributed by atoms with van der Waals surface area (Å²) in [4.78, 5) is 29.9. The molecular formula is C37H61N15O2. The van der Waals surface area contributed by atoms with E-state index in [1.807, 2.05) is 57.2 Å². The van der Waals surface area contributed by atoms with Gasteiger partial charge in [-0.3, -0.25) is 20.0 Å². The van der Waals surface area contributed by atoms with Crippen molar-refractivity contribution >= 4 is 46.8 Å². The highest BCUT2D eigenvalue weighted by atomic mass is 16.2. The van der Waals surface area contributed by atoms with Gasteiger partial charge in [0, 0.05) is 55.0 Å². The van der Waals surface area contributed by atoms with Gasteiger partial charge in [0.1, 0.15) is 0 Å². The van der Waals surface area contributed by atoms with E-state index in [0.717, 1.165) is 60.8 Å². The topological polar surface area (TPSA) is 314 Å². The van der Waals surface area contributed by atoms with Crippen LogP contribution in [-0.2, 0) is 9.59 Å². The molecule has 0 saturated heterocycles. The molecule has 18 N–H and O–H groups in total. The summed E-state index contributed by atoms with van der Waals surface area (Å²) in [5.74, 6) is -0.366. The molecule has 17 heteroatoms. The molecule has 296 valence electrons. The Labute approximate surface area is 318 Å². The average molecular weight is 748 g/mol. The minimum absolute atomic E-state index is 0.00490. The second-order valence-electron chi connectivity index (χ2n) is 13.5. The molecule has 0 spiro atoms. The van der Waals surface area contributed by atoms with E-state index in [9.17, 15) is 9.59 Å². The summed E-state index contributed by atoms with van der Waals surface area (Å²) >= 11 is 0. The van der Waals surface area contributed by atoms with Crippen LogP contribution in [0, 0.1) is 0 Å². The van der Waals surface area contributed by atoms with E-state index in [0.29, 0.717) is 48.7 Å². The SMILES string of the molecule is C=C(N)CNC(C)c1cc(NC(=O)CCCCCCCCC(=O)Nc2cc(C(C)CN=C(N)N)cc(C(C)NN=C(N)N)c2)cc(/C(C)=N/N=C(N)N)c1. The first-order valence-electron chi connectivity index (χ1n) is 18.1. The lowest BCUT2D eigenvalue weighted by Crippen LogP contribution is -2.27. The summed E-state index contributed by atoms with van der Waals surface area (Å²) in [5.41, 5.74) is 47.5. The number of nitrogens with one attached hydrogen (secondary N) is 4. The fourth-order valence-corrected chi connectivity index (χ4v) is 5.38.